The summed E-state index contributed by atoms with van der Waals surface area (Å²) >= 11 is 5.99. The molecule has 0 N–H and O–H groups in total. The van der Waals surface area contributed by atoms with Crippen LogP contribution in [0.2, 0.25) is 5.02 Å². The van der Waals surface area contributed by atoms with Crippen LogP contribution in [0, 0.1) is 19.7 Å². The lowest BCUT2D eigenvalue weighted by Crippen LogP contribution is -2.39. The van der Waals surface area contributed by atoms with E-state index in [2.05, 4.69) is 26.3 Å². The van der Waals surface area contributed by atoms with Gasteiger partial charge in [0.05, 0.1) is 25.4 Å². The summed E-state index contributed by atoms with van der Waals surface area (Å²) in [5.41, 5.74) is 2.91. The van der Waals surface area contributed by atoms with E-state index in [9.17, 15) is 4.79 Å². The molecule has 4 aromatic rings. The fourth-order valence-corrected chi connectivity index (χ4v) is 4.63. The van der Waals surface area contributed by atoms with E-state index in [-0.39, 0.29) is 11.7 Å². The second-order valence-electron chi connectivity index (χ2n) is 9.19. The van der Waals surface area contributed by atoms with Crippen LogP contribution in [0.3, 0.4) is 0 Å². The molecule has 180 valence electrons. The highest BCUT2D eigenvalue weighted by Crippen LogP contribution is 2.36. The van der Waals surface area contributed by atoms with Gasteiger partial charge in [0.2, 0.25) is 0 Å². The van der Waals surface area contributed by atoms with E-state index in [1.807, 2.05) is 10.9 Å². The molecule has 8 nitrogen and oxygen atoms in total. The summed E-state index contributed by atoms with van der Waals surface area (Å²) in [6.07, 6.45) is 6.04. The van der Waals surface area contributed by atoms with Gasteiger partial charge < -0.3 is 9.64 Å². The molecular weight excluding hydrogens is 471 g/mol. The van der Waals surface area contributed by atoms with Crippen LogP contribution in [0.15, 0.2) is 41.5 Å². The highest BCUT2D eigenvalue weighted by Gasteiger charge is 2.29. The Balaban J connectivity index is 1.45. The summed E-state index contributed by atoms with van der Waals surface area (Å²) in [5.74, 6) is 0.0632. The fraction of sp³-hybridized carbons (Fsp3) is 0.360. The summed E-state index contributed by atoms with van der Waals surface area (Å²) in [5, 5.41) is 9.43. The molecule has 1 aliphatic carbocycles. The molecule has 1 saturated carbocycles. The van der Waals surface area contributed by atoms with E-state index < -0.39 is 5.82 Å². The van der Waals surface area contributed by atoms with E-state index in [1.54, 1.807) is 32.0 Å². The molecule has 10 heteroatoms. The van der Waals surface area contributed by atoms with Crippen LogP contribution in [0.25, 0.3) is 16.8 Å². The SMILES string of the molecule is Cc1nc2c(-c3ccc(Cl)cc3F)cc(N3CCO[C@H](c4cnn(C5CC5)c4)C3)nn2c(=O)c1C. The summed E-state index contributed by atoms with van der Waals surface area (Å²) in [6.45, 7) is 5.09. The monoisotopic (exact) mass is 494 g/mol. The maximum Gasteiger partial charge on any atom is 0.277 e. The van der Waals surface area contributed by atoms with Gasteiger partial charge in [0.15, 0.2) is 11.5 Å². The fourth-order valence-electron chi connectivity index (χ4n) is 4.47. The van der Waals surface area contributed by atoms with Crippen molar-refractivity contribution in [2.75, 3.05) is 24.6 Å². The van der Waals surface area contributed by atoms with Crippen molar-refractivity contribution in [3.8, 4) is 11.1 Å². The molecule has 2 fully saturated rings. The van der Waals surface area contributed by atoms with Crippen LogP contribution in [-0.2, 0) is 4.74 Å². The zero-order chi connectivity index (χ0) is 24.3. The Labute approximate surface area is 205 Å². The minimum absolute atomic E-state index is 0.181. The zero-order valence-corrected chi connectivity index (χ0v) is 20.2. The van der Waals surface area contributed by atoms with E-state index >= 15 is 4.39 Å². The first-order valence-corrected chi connectivity index (χ1v) is 12.0. The van der Waals surface area contributed by atoms with Crippen molar-refractivity contribution in [1.82, 2.24) is 24.4 Å². The number of aryl methyl sites for hydroxylation is 1. The van der Waals surface area contributed by atoms with Gasteiger partial charge >= 0.3 is 0 Å². The molecule has 1 atom stereocenters. The third-order valence-corrected chi connectivity index (χ3v) is 7.01. The molecule has 0 amide bonds. The van der Waals surface area contributed by atoms with E-state index in [4.69, 9.17) is 16.3 Å². The molecule has 0 bridgehead atoms. The van der Waals surface area contributed by atoms with E-state index in [0.717, 1.165) is 18.4 Å². The Morgan fingerprint density at radius 2 is 2.00 bits per heavy atom. The molecule has 35 heavy (non-hydrogen) atoms. The molecule has 3 aromatic heterocycles. The number of hydrogen-bond donors (Lipinski definition) is 0. The van der Waals surface area contributed by atoms with Crippen molar-refractivity contribution in [2.24, 2.45) is 0 Å². The third kappa shape index (κ3) is 3.98. The summed E-state index contributed by atoms with van der Waals surface area (Å²) < 4.78 is 24.3. The van der Waals surface area contributed by atoms with Gasteiger partial charge in [-0.2, -0.15) is 9.61 Å². The van der Waals surface area contributed by atoms with Crippen LogP contribution in [0.4, 0.5) is 10.2 Å². The summed E-state index contributed by atoms with van der Waals surface area (Å²) in [4.78, 5) is 19.8. The number of ether oxygens (including phenoxy) is 1. The minimum atomic E-state index is -0.489. The van der Waals surface area contributed by atoms with Crippen molar-refractivity contribution in [2.45, 2.75) is 38.8 Å². The lowest BCUT2D eigenvalue weighted by Gasteiger charge is -2.33. The van der Waals surface area contributed by atoms with Gasteiger partial charge in [0.25, 0.3) is 5.56 Å². The second-order valence-corrected chi connectivity index (χ2v) is 9.63. The maximum atomic E-state index is 15.0. The zero-order valence-electron chi connectivity index (χ0n) is 19.4. The molecule has 6 rings (SSSR count). The van der Waals surface area contributed by atoms with Crippen LogP contribution in [0.1, 0.15) is 41.8 Å². The second kappa shape index (κ2) is 8.42. The maximum absolute atomic E-state index is 15.0. The predicted octanol–water partition coefficient (Wildman–Crippen LogP) is 4.28. The van der Waals surface area contributed by atoms with Crippen LogP contribution >= 0.6 is 11.6 Å². The number of morpholine rings is 1. The smallest absolute Gasteiger partial charge is 0.277 e. The number of fused-ring (bicyclic) bond motifs is 1. The van der Waals surface area contributed by atoms with E-state index in [1.165, 1.54) is 10.6 Å². The van der Waals surface area contributed by atoms with Gasteiger partial charge in [-0.1, -0.05) is 11.6 Å². The van der Waals surface area contributed by atoms with Gasteiger partial charge in [0.1, 0.15) is 11.9 Å². The van der Waals surface area contributed by atoms with Gasteiger partial charge in [-0.3, -0.25) is 9.48 Å². The number of halogens is 2. The molecular formula is C25H24ClFN6O2. The molecule has 1 aliphatic heterocycles. The van der Waals surface area contributed by atoms with Gasteiger partial charge in [-0.05, 0) is 51.0 Å². The van der Waals surface area contributed by atoms with Crippen LogP contribution in [0.5, 0.6) is 0 Å². The number of rotatable bonds is 4. The standard InChI is InChI=1S/C25H24ClFN6O2/c1-14-15(2)29-24-20(19-6-3-17(26)9-21(19)27)10-23(30-33(24)25(14)34)31-7-8-35-22(13-31)16-11-28-32(12-16)18-4-5-18/h3,6,9-12,18,22H,4-5,7-8,13H2,1-2H3/t22-/m0/s1. The quantitative estimate of drug-likeness (QED) is 0.421. The number of benzene rings is 1. The number of aromatic nitrogens is 5. The first-order valence-electron chi connectivity index (χ1n) is 11.7. The average Bonchev–Trinajstić information content (AvgIpc) is 3.59. The normalized spacial score (nSPS) is 18.4. The minimum Gasteiger partial charge on any atom is -0.370 e. The molecule has 1 saturated heterocycles. The molecule has 0 radical (unpaired) electrons. The predicted molar refractivity (Wildman–Crippen MR) is 131 cm³/mol. The van der Waals surface area contributed by atoms with Gasteiger partial charge in [0, 0.05) is 45.7 Å². The average molecular weight is 495 g/mol. The Kier molecular flexibility index (Phi) is 5.34. The van der Waals surface area contributed by atoms with Gasteiger partial charge in [-0.25, -0.2) is 9.37 Å². The first-order chi connectivity index (χ1) is 16.9. The first kappa shape index (κ1) is 22.2. The van der Waals surface area contributed by atoms with Crippen molar-refractivity contribution >= 4 is 23.1 Å². The summed E-state index contributed by atoms with van der Waals surface area (Å²) in [7, 11) is 0. The number of hydrogen-bond acceptors (Lipinski definition) is 6. The Morgan fingerprint density at radius 3 is 2.77 bits per heavy atom. The third-order valence-electron chi connectivity index (χ3n) is 6.77. The van der Waals surface area contributed by atoms with Crippen molar-refractivity contribution in [1.29, 1.82) is 0 Å². The topological polar surface area (TPSA) is 77.6 Å². The largest absolute Gasteiger partial charge is 0.370 e. The summed E-state index contributed by atoms with van der Waals surface area (Å²) in [6, 6.07) is 6.77. The Bertz CT molecular complexity index is 1510. The molecule has 4 heterocycles. The number of anilines is 1. The lowest BCUT2D eigenvalue weighted by atomic mass is 10.1. The van der Waals surface area contributed by atoms with Crippen LogP contribution in [-0.4, -0.2) is 44.1 Å². The highest BCUT2D eigenvalue weighted by molar-refractivity contribution is 6.30. The Hall–Kier alpha value is -3.30. The van der Waals surface area contributed by atoms with Gasteiger partial charge in [-0.15, -0.1) is 5.10 Å². The molecule has 1 aromatic carbocycles. The molecule has 0 unspecified atom stereocenters. The lowest BCUT2D eigenvalue weighted by molar-refractivity contribution is 0.0394. The van der Waals surface area contributed by atoms with Crippen molar-refractivity contribution < 1.29 is 9.13 Å². The molecule has 2 aliphatic rings. The number of nitrogens with zero attached hydrogens (tertiary/aromatic N) is 6. The molecule has 0 spiro atoms. The van der Waals surface area contributed by atoms with Crippen molar-refractivity contribution in [3.05, 3.63) is 74.7 Å². The highest BCUT2D eigenvalue weighted by atomic mass is 35.5. The van der Waals surface area contributed by atoms with E-state index in [0.29, 0.717) is 64.6 Å². The van der Waals surface area contributed by atoms with Crippen LogP contribution < -0.4 is 10.5 Å². The van der Waals surface area contributed by atoms with Crippen molar-refractivity contribution in [3.63, 3.8) is 0 Å². The Morgan fingerprint density at radius 1 is 1.17 bits per heavy atom.